The quantitative estimate of drug-likeness (QED) is 0.790. The molecule has 0 radical (unpaired) electrons. The van der Waals surface area contributed by atoms with Crippen LogP contribution in [-0.4, -0.2) is 47.0 Å². The van der Waals surface area contributed by atoms with Crippen LogP contribution in [0.5, 0.6) is 0 Å². The van der Waals surface area contributed by atoms with Crippen LogP contribution in [0.1, 0.15) is 22.5 Å². The van der Waals surface area contributed by atoms with Gasteiger partial charge in [-0.15, -0.1) is 0 Å². The molecule has 0 spiro atoms. The van der Waals surface area contributed by atoms with Crippen LogP contribution in [0, 0.1) is 18.8 Å². The van der Waals surface area contributed by atoms with Gasteiger partial charge in [-0.1, -0.05) is 41.2 Å². The third-order valence-electron chi connectivity index (χ3n) is 5.42. The first kappa shape index (κ1) is 19.7. The Balaban J connectivity index is 1.57. The van der Waals surface area contributed by atoms with Gasteiger partial charge in [0.2, 0.25) is 0 Å². The smallest absolute Gasteiger partial charge is 0.375 e. The van der Waals surface area contributed by atoms with Crippen molar-refractivity contribution in [2.75, 3.05) is 18.8 Å². The fraction of sp³-hybridized carbons (Fsp3) is 0.421. The molecule has 2 fully saturated rings. The van der Waals surface area contributed by atoms with Crippen molar-refractivity contribution in [3.05, 3.63) is 35.5 Å². The van der Waals surface area contributed by atoms with E-state index in [1.54, 1.807) is 0 Å². The molecule has 3 atom stereocenters. The molecule has 2 aromatic rings. The lowest BCUT2D eigenvalue weighted by Crippen LogP contribution is -2.48. The van der Waals surface area contributed by atoms with Crippen LogP contribution < -0.4 is 11.1 Å². The number of anilines is 1. The summed E-state index contributed by atoms with van der Waals surface area (Å²) in [5.41, 5.74) is 7.89. The van der Waals surface area contributed by atoms with Crippen molar-refractivity contribution in [3.63, 3.8) is 0 Å². The minimum absolute atomic E-state index is 0.103. The predicted molar refractivity (Wildman–Crippen MR) is 102 cm³/mol. The molecule has 6 nitrogen and oxygen atoms in total. The molecule has 4 rings (SSSR count). The van der Waals surface area contributed by atoms with Crippen LogP contribution >= 0.6 is 11.3 Å². The number of aromatic nitrogens is 1. The van der Waals surface area contributed by atoms with E-state index in [4.69, 9.17) is 5.73 Å². The monoisotopic (exact) mass is 424 g/mol. The zero-order chi connectivity index (χ0) is 20.9. The number of carbonyl (C=O) groups excluding carboxylic acids is 2. The largest absolute Gasteiger partial charge is 0.471 e. The Morgan fingerprint density at radius 2 is 2.14 bits per heavy atom. The lowest BCUT2D eigenvalue weighted by atomic mass is 10.1. The Labute approximate surface area is 168 Å². The highest BCUT2D eigenvalue weighted by Gasteiger charge is 2.54. The molecule has 10 heteroatoms. The minimum atomic E-state index is -4.95. The Bertz CT molecular complexity index is 975. The second-order valence-corrected chi connectivity index (χ2v) is 8.52. The van der Waals surface area contributed by atoms with Crippen LogP contribution in [0.3, 0.4) is 0 Å². The van der Waals surface area contributed by atoms with Gasteiger partial charge >= 0.3 is 12.1 Å². The first-order chi connectivity index (χ1) is 13.6. The van der Waals surface area contributed by atoms with E-state index in [0.29, 0.717) is 11.4 Å². The predicted octanol–water partition coefficient (Wildman–Crippen LogP) is 2.84. The van der Waals surface area contributed by atoms with E-state index in [9.17, 15) is 22.8 Å². The second-order valence-electron chi connectivity index (χ2n) is 7.49. The third-order valence-corrected chi connectivity index (χ3v) is 6.35. The van der Waals surface area contributed by atoms with E-state index < -0.39 is 18.1 Å². The van der Waals surface area contributed by atoms with Crippen LogP contribution in [0.25, 0.3) is 10.4 Å². The Morgan fingerprint density at radius 3 is 2.83 bits per heavy atom. The summed E-state index contributed by atoms with van der Waals surface area (Å²) in [7, 11) is 0. The van der Waals surface area contributed by atoms with Crippen LogP contribution in [-0.2, 0) is 4.79 Å². The number of rotatable bonds is 4. The van der Waals surface area contributed by atoms with E-state index >= 15 is 0 Å². The summed E-state index contributed by atoms with van der Waals surface area (Å²) in [5, 5.41) is 2.16. The molecular weight excluding hydrogens is 405 g/mol. The average molecular weight is 424 g/mol. The normalized spacial score (nSPS) is 23.0. The maximum atomic E-state index is 13.2. The molecule has 1 aromatic heterocycles. The van der Waals surface area contributed by atoms with Crippen LogP contribution in [0.2, 0.25) is 0 Å². The lowest BCUT2D eigenvalue weighted by Gasteiger charge is -2.27. The molecule has 2 aliphatic rings. The van der Waals surface area contributed by atoms with Gasteiger partial charge in [-0.3, -0.25) is 9.59 Å². The molecule has 1 aliphatic carbocycles. The van der Waals surface area contributed by atoms with Gasteiger partial charge in [0.05, 0.1) is 10.9 Å². The van der Waals surface area contributed by atoms with Gasteiger partial charge in [-0.25, -0.2) is 4.98 Å². The summed E-state index contributed by atoms with van der Waals surface area (Å²) in [6.07, 6.45) is -4.10. The van der Waals surface area contributed by atoms with E-state index in [1.165, 1.54) is 16.2 Å². The molecule has 1 aliphatic heterocycles. The SMILES string of the molecule is Cc1cccc(-c2sc(N)nc2C(=O)N2C[C@H]3CC3[C@H]2CNC(=O)C(F)(F)F)c1. The number of amides is 2. The maximum absolute atomic E-state index is 13.2. The van der Waals surface area contributed by atoms with E-state index in [-0.39, 0.29) is 35.1 Å². The summed E-state index contributed by atoms with van der Waals surface area (Å²) in [6, 6.07) is 7.11. The van der Waals surface area contributed by atoms with Gasteiger partial charge in [0.15, 0.2) is 5.13 Å². The maximum Gasteiger partial charge on any atom is 0.471 e. The molecule has 0 bridgehead atoms. The fourth-order valence-corrected chi connectivity index (χ4v) is 4.78. The van der Waals surface area contributed by atoms with Crippen molar-refractivity contribution in [2.45, 2.75) is 25.6 Å². The van der Waals surface area contributed by atoms with E-state index in [2.05, 4.69) is 4.98 Å². The number of nitrogens with one attached hydrogen (secondary N) is 1. The number of hydrogen-bond donors (Lipinski definition) is 2. The lowest BCUT2D eigenvalue weighted by molar-refractivity contribution is -0.173. The third kappa shape index (κ3) is 3.81. The number of carbonyl (C=O) groups is 2. The van der Waals surface area contributed by atoms with Crippen LogP contribution in [0.15, 0.2) is 24.3 Å². The van der Waals surface area contributed by atoms with Gasteiger partial charge in [0, 0.05) is 13.1 Å². The van der Waals surface area contributed by atoms with E-state index in [1.807, 2.05) is 36.5 Å². The number of nitrogen functional groups attached to an aromatic ring is 1. The number of hydrogen-bond acceptors (Lipinski definition) is 5. The zero-order valence-electron chi connectivity index (χ0n) is 15.5. The molecular formula is C19H19F3N4O2S. The van der Waals surface area contributed by atoms with Crippen molar-refractivity contribution >= 4 is 28.3 Å². The fourth-order valence-electron chi connectivity index (χ4n) is 3.96. The van der Waals surface area contributed by atoms with Crippen molar-refractivity contribution in [1.82, 2.24) is 15.2 Å². The number of benzene rings is 1. The number of nitrogens with two attached hydrogens (primary N) is 1. The number of alkyl halides is 3. The molecule has 1 saturated carbocycles. The van der Waals surface area contributed by atoms with Gasteiger partial charge in [0.25, 0.3) is 5.91 Å². The highest BCUT2D eigenvalue weighted by molar-refractivity contribution is 7.19. The molecule has 2 amide bonds. The van der Waals surface area contributed by atoms with Gasteiger partial charge < -0.3 is 16.0 Å². The van der Waals surface area contributed by atoms with Crippen molar-refractivity contribution in [3.8, 4) is 10.4 Å². The number of fused-ring (bicyclic) bond motifs is 1. The number of thiazole rings is 1. The van der Waals surface area contributed by atoms with Crippen molar-refractivity contribution < 1.29 is 22.8 Å². The molecule has 29 heavy (non-hydrogen) atoms. The Kier molecular flexibility index (Phi) is 4.76. The van der Waals surface area contributed by atoms with Crippen molar-refractivity contribution in [1.29, 1.82) is 0 Å². The summed E-state index contributed by atoms with van der Waals surface area (Å²) < 4.78 is 37.5. The summed E-state index contributed by atoms with van der Waals surface area (Å²) in [4.78, 5) is 30.8. The summed E-state index contributed by atoms with van der Waals surface area (Å²) in [5.74, 6) is -2.00. The van der Waals surface area contributed by atoms with Gasteiger partial charge in [0.1, 0.15) is 5.69 Å². The number of likely N-dealkylation sites (tertiary alicyclic amines) is 1. The topological polar surface area (TPSA) is 88.3 Å². The van der Waals surface area contributed by atoms with Crippen LogP contribution in [0.4, 0.5) is 18.3 Å². The Hall–Kier alpha value is -2.62. The highest BCUT2D eigenvalue weighted by atomic mass is 32.1. The van der Waals surface area contributed by atoms with Crippen molar-refractivity contribution in [2.24, 2.45) is 11.8 Å². The minimum Gasteiger partial charge on any atom is -0.375 e. The highest BCUT2D eigenvalue weighted by Crippen LogP contribution is 2.50. The molecule has 1 aromatic carbocycles. The number of piperidine rings is 1. The van der Waals surface area contributed by atoms with Gasteiger partial charge in [-0.2, -0.15) is 13.2 Å². The standard InChI is InChI=1S/C19H19F3N4O2S/c1-9-3-2-4-10(5-9)15-14(25-18(23)29-15)16(27)26-8-11-6-12(11)13(26)7-24-17(28)19(20,21)22/h2-5,11-13H,6-8H2,1H3,(H2,23,25)(H,24,28)/t11-,12?,13-/m1/s1. The Morgan fingerprint density at radius 1 is 1.38 bits per heavy atom. The molecule has 3 N–H and O–H groups in total. The van der Waals surface area contributed by atoms with E-state index in [0.717, 1.165) is 17.5 Å². The molecule has 2 heterocycles. The first-order valence-corrected chi connectivity index (χ1v) is 9.96. The second kappa shape index (κ2) is 7.01. The zero-order valence-corrected chi connectivity index (χ0v) is 16.3. The summed E-state index contributed by atoms with van der Waals surface area (Å²) >= 11 is 1.20. The number of aryl methyl sites for hydroxylation is 1. The molecule has 1 unspecified atom stereocenters. The first-order valence-electron chi connectivity index (χ1n) is 9.14. The number of nitrogens with zero attached hydrogens (tertiary/aromatic N) is 2. The summed E-state index contributed by atoms with van der Waals surface area (Å²) in [6.45, 7) is 2.15. The number of halogens is 3. The molecule has 1 saturated heterocycles. The molecule has 154 valence electrons. The van der Waals surface area contributed by atoms with Gasteiger partial charge in [-0.05, 0) is 30.7 Å². The average Bonchev–Trinajstić information content (AvgIpc) is 3.16.